The maximum atomic E-state index is 12.4. The predicted molar refractivity (Wildman–Crippen MR) is 135 cm³/mol. The lowest BCUT2D eigenvalue weighted by Gasteiger charge is -2.48. The maximum Gasteiger partial charge on any atom is 0.364 e. The maximum absolute atomic E-state index is 12.4. The minimum atomic E-state index is -2.82. The molecule has 0 aromatic heterocycles. The number of hydrogen-bond donors (Lipinski definition) is 12. The molecule has 20 nitrogen and oxygen atoms in total. The van der Waals surface area contributed by atoms with E-state index < -0.39 is 136 Å². The highest BCUT2D eigenvalue weighted by molar-refractivity contribution is 5.76. The van der Waals surface area contributed by atoms with Gasteiger partial charge in [0.15, 0.2) is 12.6 Å². The summed E-state index contributed by atoms with van der Waals surface area (Å²) in [5.74, 6) is -5.39. The molecule has 256 valence electrons. The van der Waals surface area contributed by atoms with Crippen LogP contribution in [0.5, 0.6) is 0 Å². The lowest BCUT2D eigenvalue weighted by molar-refractivity contribution is -0.366. The Morgan fingerprint density at radius 3 is 2.09 bits per heavy atom. The van der Waals surface area contributed by atoms with Crippen molar-refractivity contribution in [2.75, 3.05) is 26.9 Å². The van der Waals surface area contributed by atoms with Gasteiger partial charge in [0.05, 0.1) is 32.0 Å². The fourth-order valence-corrected chi connectivity index (χ4v) is 5.23. The molecule has 3 rings (SSSR count). The third kappa shape index (κ3) is 7.63. The number of carbonyl (C=O) groups excluding carboxylic acids is 1. The zero-order valence-corrected chi connectivity index (χ0v) is 23.7. The van der Waals surface area contributed by atoms with Crippen LogP contribution in [-0.4, -0.2) is 193 Å². The number of aliphatic hydroxyl groups is 10. The van der Waals surface area contributed by atoms with Crippen LogP contribution in [0.2, 0.25) is 0 Å². The summed E-state index contributed by atoms with van der Waals surface area (Å²) in [5, 5.41) is 115. The Labute approximate surface area is 249 Å². The first kappa shape index (κ1) is 36.8. The van der Waals surface area contributed by atoms with Crippen molar-refractivity contribution in [1.82, 2.24) is 5.32 Å². The molecular formula is C24H41NO19. The van der Waals surface area contributed by atoms with E-state index in [1.807, 2.05) is 0 Å². The number of carboxylic acid groups (broad SMARTS) is 1. The Hall–Kier alpha value is -1.70. The molecule has 0 spiro atoms. The molecular weight excluding hydrogens is 606 g/mol. The summed E-state index contributed by atoms with van der Waals surface area (Å²) in [4.78, 5) is 24.1. The second kappa shape index (κ2) is 15.3. The van der Waals surface area contributed by atoms with Crippen LogP contribution in [0.1, 0.15) is 13.3 Å². The van der Waals surface area contributed by atoms with Gasteiger partial charge in [0.2, 0.25) is 5.91 Å². The highest BCUT2D eigenvalue weighted by Gasteiger charge is 2.57. The SMILES string of the molecule is CO[C@@H]1O[C@H](CO)[C@@H](O[C@@H]2O[C@H](CO[C@]3(C(=O)O)C[C@H](O)[C@@H](NC(C)=O)[C@H]([C@H](O)[C@H](O)CO)O3)[C@H](O)[C@H](O)[C@H]2O)[C@H](O)[C@H]1O. The predicted octanol–water partition coefficient (Wildman–Crippen LogP) is -7.57. The Morgan fingerprint density at radius 2 is 1.55 bits per heavy atom. The Morgan fingerprint density at radius 1 is 0.932 bits per heavy atom. The number of methoxy groups -OCH3 is 1. The van der Waals surface area contributed by atoms with Gasteiger partial charge in [0, 0.05) is 20.5 Å². The van der Waals surface area contributed by atoms with E-state index in [9.17, 15) is 65.8 Å². The fourth-order valence-electron chi connectivity index (χ4n) is 5.23. The first-order valence-electron chi connectivity index (χ1n) is 13.6. The Kier molecular flexibility index (Phi) is 12.8. The minimum absolute atomic E-state index is 0.712. The summed E-state index contributed by atoms with van der Waals surface area (Å²) in [6.07, 6.45) is -25.6. The zero-order chi connectivity index (χ0) is 33.1. The van der Waals surface area contributed by atoms with E-state index in [1.165, 1.54) is 7.11 Å². The van der Waals surface area contributed by atoms with Gasteiger partial charge in [-0.2, -0.15) is 0 Å². The molecule has 0 aromatic carbocycles. The van der Waals surface area contributed by atoms with Gasteiger partial charge in [0.1, 0.15) is 67.1 Å². The summed E-state index contributed by atoms with van der Waals surface area (Å²) in [6, 6.07) is -1.47. The lowest BCUT2D eigenvalue weighted by Crippen LogP contribution is -2.68. The molecule has 0 radical (unpaired) electrons. The number of carbonyl (C=O) groups is 2. The average Bonchev–Trinajstić information content (AvgIpc) is 2.99. The van der Waals surface area contributed by atoms with Gasteiger partial charge in [-0.25, -0.2) is 4.79 Å². The van der Waals surface area contributed by atoms with E-state index in [1.54, 1.807) is 0 Å². The zero-order valence-electron chi connectivity index (χ0n) is 23.7. The minimum Gasteiger partial charge on any atom is -0.477 e. The van der Waals surface area contributed by atoms with Crippen LogP contribution >= 0.6 is 0 Å². The van der Waals surface area contributed by atoms with Crippen molar-refractivity contribution in [1.29, 1.82) is 0 Å². The molecule has 3 heterocycles. The van der Waals surface area contributed by atoms with Crippen LogP contribution in [0.4, 0.5) is 0 Å². The van der Waals surface area contributed by atoms with Crippen LogP contribution in [-0.2, 0) is 38.0 Å². The molecule has 0 bridgehead atoms. The third-order valence-corrected chi connectivity index (χ3v) is 7.68. The normalized spacial score (nSPS) is 44.5. The van der Waals surface area contributed by atoms with Gasteiger partial charge in [-0.05, 0) is 0 Å². The van der Waals surface area contributed by atoms with Crippen molar-refractivity contribution in [2.24, 2.45) is 0 Å². The van der Waals surface area contributed by atoms with Crippen molar-refractivity contribution in [2.45, 2.75) is 111 Å². The molecule has 0 aromatic rings. The molecule has 44 heavy (non-hydrogen) atoms. The van der Waals surface area contributed by atoms with Gasteiger partial charge in [-0.3, -0.25) is 4.79 Å². The van der Waals surface area contributed by atoms with Crippen LogP contribution < -0.4 is 5.32 Å². The molecule has 1 amide bonds. The smallest absolute Gasteiger partial charge is 0.364 e. The molecule has 0 unspecified atom stereocenters. The second-order valence-corrected chi connectivity index (χ2v) is 10.7. The van der Waals surface area contributed by atoms with E-state index in [-0.39, 0.29) is 0 Å². The van der Waals surface area contributed by atoms with Gasteiger partial charge in [-0.15, -0.1) is 0 Å². The Balaban J connectivity index is 1.81. The van der Waals surface area contributed by atoms with E-state index >= 15 is 0 Å². The topological polar surface area (TPSA) is 324 Å². The summed E-state index contributed by atoms with van der Waals surface area (Å²) in [6.45, 7) is -1.64. The summed E-state index contributed by atoms with van der Waals surface area (Å²) >= 11 is 0. The molecule has 12 N–H and O–H groups in total. The van der Waals surface area contributed by atoms with Crippen LogP contribution in [0, 0.1) is 0 Å². The molecule has 0 aliphatic carbocycles. The number of rotatable bonds is 12. The Bertz CT molecular complexity index is 958. The quantitative estimate of drug-likeness (QED) is 0.0935. The number of nitrogens with one attached hydrogen (secondary N) is 1. The lowest BCUT2D eigenvalue weighted by atomic mass is 9.88. The third-order valence-electron chi connectivity index (χ3n) is 7.68. The van der Waals surface area contributed by atoms with Crippen molar-refractivity contribution in [3.05, 3.63) is 0 Å². The van der Waals surface area contributed by atoms with E-state index in [0.29, 0.717) is 0 Å². The average molecular weight is 648 g/mol. The summed E-state index contributed by atoms with van der Waals surface area (Å²) in [5.41, 5.74) is 0. The molecule has 3 aliphatic heterocycles. The van der Waals surface area contributed by atoms with E-state index in [2.05, 4.69) is 5.32 Å². The van der Waals surface area contributed by atoms with Crippen molar-refractivity contribution < 1.29 is 94.2 Å². The van der Waals surface area contributed by atoms with Gasteiger partial charge in [0.25, 0.3) is 5.79 Å². The molecule has 20 heteroatoms. The van der Waals surface area contributed by atoms with Crippen LogP contribution in [0.25, 0.3) is 0 Å². The molecule has 0 saturated carbocycles. The molecule has 3 aliphatic rings. The first-order valence-corrected chi connectivity index (χ1v) is 13.6. The van der Waals surface area contributed by atoms with Crippen molar-refractivity contribution >= 4 is 11.9 Å². The van der Waals surface area contributed by atoms with Crippen LogP contribution in [0.3, 0.4) is 0 Å². The summed E-state index contributed by atoms with van der Waals surface area (Å²) < 4.78 is 32.2. The van der Waals surface area contributed by atoms with Gasteiger partial charge in [-0.1, -0.05) is 0 Å². The van der Waals surface area contributed by atoms with E-state index in [0.717, 1.165) is 6.92 Å². The highest BCUT2D eigenvalue weighted by atomic mass is 16.8. The number of aliphatic hydroxyl groups excluding tert-OH is 10. The molecule has 3 saturated heterocycles. The molecule has 16 atom stereocenters. The monoisotopic (exact) mass is 647 g/mol. The van der Waals surface area contributed by atoms with Gasteiger partial charge < -0.3 is 89.9 Å². The highest BCUT2D eigenvalue weighted by Crippen LogP contribution is 2.35. The number of ether oxygens (including phenoxy) is 6. The van der Waals surface area contributed by atoms with Crippen molar-refractivity contribution in [3.63, 3.8) is 0 Å². The van der Waals surface area contributed by atoms with Crippen molar-refractivity contribution in [3.8, 4) is 0 Å². The van der Waals surface area contributed by atoms with Crippen LogP contribution in [0.15, 0.2) is 0 Å². The summed E-state index contributed by atoms with van der Waals surface area (Å²) in [7, 11) is 1.17. The number of carboxylic acids is 1. The fraction of sp³-hybridized carbons (Fsp3) is 0.917. The second-order valence-electron chi connectivity index (χ2n) is 10.7. The number of amides is 1. The largest absolute Gasteiger partial charge is 0.477 e. The van der Waals surface area contributed by atoms with Gasteiger partial charge >= 0.3 is 5.97 Å². The number of aliphatic carboxylic acids is 1. The first-order chi connectivity index (χ1) is 20.6. The van der Waals surface area contributed by atoms with E-state index in [4.69, 9.17) is 28.4 Å². The standard InChI is InChI=1S/C24H41NO19/c1-7(28)25-12-8(29)3-24(23(37)38,44-20(12)13(31)9(30)4-26)40-6-11-14(32)15(33)17(35)22(42-11)43-19-10(5-27)41-21(39-2)18(36)16(19)34/h8-22,26-27,29-36H,3-6H2,1-2H3,(H,25,28)(H,37,38)/t8-,9+,10+,11+,12+,13+,14-,15-,16+,17+,18+,19+,20+,21+,22-,24+/m0/s1. The number of hydrogen-bond acceptors (Lipinski definition) is 18. The molecule has 3 fully saturated rings.